The van der Waals surface area contributed by atoms with Gasteiger partial charge in [-0.15, -0.1) is 11.8 Å². The zero-order valence-electron chi connectivity index (χ0n) is 17.6. The summed E-state index contributed by atoms with van der Waals surface area (Å²) in [5, 5.41) is 5.70. The van der Waals surface area contributed by atoms with Crippen molar-refractivity contribution in [1.82, 2.24) is 5.32 Å². The summed E-state index contributed by atoms with van der Waals surface area (Å²) in [5.74, 6) is 0.961. The van der Waals surface area contributed by atoms with E-state index >= 15 is 0 Å². The zero-order chi connectivity index (χ0) is 21.9. The molecule has 0 saturated carbocycles. The Labute approximate surface area is 187 Å². The number of carbonyl (C=O) groups is 2. The fourth-order valence-electron chi connectivity index (χ4n) is 2.95. The largest absolute Gasteiger partial charge is 0.338 e. The van der Waals surface area contributed by atoms with E-state index in [1.54, 1.807) is 23.7 Å². The van der Waals surface area contributed by atoms with E-state index in [-0.39, 0.29) is 11.9 Å². The van der Waals surface area contributed by atoms with Crippen molar-refractivity contribution in [2.24, 2.45) is 0 Å². The van der Waals surface area contributed by atoms with Gasteiger partial charge in [0.25, 0.3) is 0 Å². The van der Waals surface area contributed by atoms with Crippen molar-refractivity contribution in [1.29, 1.82) is 0 Å². The number of para-hydroxylation sites is 1. The molecule has 3 aromatic carbocycles. The molecule has 0 fully saturated rings. The molecule has 0 unspecified atom stereocenters. The highest BCUT2D eigenvalue weighted by Crippen LogP contribution is 2.17. The van der Waals surface area contributed by atoms with E-state index in [4.69, 9.17) is 0 Å². The van der Waals surface area contributed by atoms with E-state index in [0.29, 0.717) is 18.7 Å². The van der Waals surface area contributed by atoms with Gasteiger partial charge >= 0.3 is 6.03 Å². The van der Waals surface area contributed by atoms with Crippen LogP contribution in [0.3, 0.4) is 0 Å². The lowest BCUT2D eigenvalue weighted by molar-refractivity contribution is -0.117. The maximum Gasteiger partial charge on any atom is 0.319 e. The average Bonchev–Trinajstić information content (AvgIpc) is 2.81. The molecule has 3 rings (SSSR count). The number of rotatable bonds is 9. The van der Waals surface area contributed by atoms with Crippen LogP contribution in [0.15, 0.2) is 89.8 Å². The van der Waals surface area contributed by atoms with Gasteiger partial charge in [-0.1, -0.05) is 48.5 Å². The molecule has 0 heterocycles. The Morgan fingerprint density at radius 2 is 1.52 bits per heavy atom. The number of likely N-dealkylation sites (N-methyl/N-ethyl adjacent to an activating group) is 1. The second kappa shape index (κ2) is 11.8. The van der Waals surface area contributed by atoms with Gasteiger partial charge in [-0.3, -0.25) is 4.79 Å². The Morgan fingerprint density at radius 3 is 2.19 bits per heavy atom. The summed E-state index contributed by atoms with van der Waals surface area (Å²) in [6, 6.07) is 26.9. The van der Waals surface area contributed by atoms with E-state index < -0.39 is 0 Å². The first kappa shape index (κ1) is 22.4. The van der Waals surface area contributed by atoms with Gasteiger partial charge in [0.2, 0.25) is 5.91 Å². The number of benzene rings is 3. The molecular formula is C25H27N3O2S. The molecule has 160 valence electrons. The fraction of sp³-hybridized carbons (Fsp3) is 0.200. The Hall–Kier alpha value is -3.25. The highest BCUT2D eigenvalue weighted by molar-refractivity contribution is 7.99. The number of thioether (sulfide) groups is 1. The normalized spacial score (nSPS) is 10.4. The van der Waals surface area contributed by atoms with Crippen LogP contribution in [-0.4, -0.2) is 31.3 Å². The van der Waals surface area contributed by atoms with Crippen LogP contribution >= 0.6 is 11.8 Å². The van der Waals surface area contributed by atoms with Crippen molar-refractivity contribution >= 4 is 35.1 Å². The second-order valence-electron chi connectivity index (χ2n) is 7.06. The van der Waals surface area contributed by atoms with Crippen LogP contribution in [0.25, 0.3) is 0 Å². The monoisotopic (exact) mass is 433 g/mol. The number of carbonyl (C=O) groups excluding carboxylic acids is 2. The molecule has 0 aliphatic heterocycles. The van der Waals surface area contributed by atoms with Gasteiger partial charge in [0.1, 0.15) is 0 Å². The van der Waals surface area contributed by atoms with Crippen molar-refractivity contribution in [2.75, 3.05) is 29.6 Å². The Kier molecular flexibility index (Phi) is 8.55. The van der Waals surface area contributed by atoms with Crippen molar-refractivity contribution in [3.05, 3.63) is 90.5 Å². The first-order chi connectivity index (χ1) is 15.1. The molecule has 5 nitrogen and oxygen atoms in total. The van der Waals surface area contributed by atoms with Gasteiger partial charge in [-0.05, 0) is 54.1 Å². The molecule has 2 N–H and O–H groups in total. The highest BCUT2D eigenvalue weighted by atomic mass is 32.2. The smallest absolute Gasteiger partial charge is 0.319 e. The summed E-state index contributed by atoms with van der Waals surface area (Å²) in [7, 11) is 1.77. The molecule has 6 heteroatoms. The van der Waals surface area contributed by atoms with Crippen LogP contribution in [0.2, 0.25) is 0 Å². The van der Waals surface area contributed by atoms with Gasteiger partial charge < -0.3 is 15.5 Å². The first-order valence-corrected chi connectivity index (χ1v) is 11.2. The summed E-state index contributed by atoms with van der Waals surface area (Å²) in [4.78, 5) is 27.4. The minimum atomic E-state index is -0.225. The molecule has 0 radical (unpaired) electrons. The summed E-state index contributed by atoms with van der Waals surface area (Å²) in [6.45, 7) is 0.615. The van der Waals surface area contributed by atoms with Crippen molar-refractivity contribution in [3.63, 3.8) is 0 Å². The molecular weight excluding hydrogens is 406 g/mol. The quantitative estimate of drug-likeness (QED) is 0.360. The number of hydrogen-bond donors (Lipinski definition) is 2. The molecule has 0 spiro atoms. The standard InChI is InChI=1S/C25H27N3O2S/c1-28(22-9-4-2-5-10-22)24(29)19-20-13-15-21(16-14-20)27-25(30)26-17-8-18-31-23-11-6-3-7-12-23/h2-7,9-16H,8,17-19H2,1H3,(H2,26,27,30). The van der Waals surface area contributed by atoms with E-state index in [2.05, 4.69) is 22.8 Å². The third-order valence-electron chi connectivity index (χ3n) is 4.70. The number of hydrogen-bond acceptors (Lipinski definition) is 3. The highest BCUT2D eigenvalue weighted by Gasteiger charge is 2.11. The van der Waals surface area contributed by atoms with Gasteiger partial charge in [0.05, 0.1) is 6.42 Å². The number of nitrogens with zero attached hydrogens (tertiary/aromatic N) is 1. The molecule has 3 amide bonds. The molecule has 0 aliphatic carbocycles. The topological polar surface area (TPSA) is 61.4 Å². The minimum absolute atomic E-state index is 0.0121. The predicted molar refractivity (Wildman–Crippen MR) is 129 cm³/mol. The number of urea groups is 1. The van der Waals surface area contributed by atoms with Gasteiger partial charge in [-0.2, -0.15) is 0 Å². The molecule has 31 heavy (non-hydrogen) atoms. The van der Waals surface area contributed by atoms with Crippen LogP contribution < -0.4 is 15.5 Å². The molecule has 0 aliphatic rings. The van der Waals surface area contributed by atoms with Gasteiger partial charge in [0, 0.05) is 29.9 Å². The van der Waals surface area contributed by atoms with E-state index in [1.807, 2.05) is 72.8 Å². The van der Waals surface area contributed by atoms with Crippen molar-refractivity contribution in [3.8, 4) is 0 Å². The van der Waals surface area contributed by atoms with E-state index in [0.717, 1.165) is 23.4 Å². The number of nitrogens with one attached hydrogen (secondary N) is 2. The summed E-state index contributed by atoms with van der Waals surface area (Å²) in [5.41, 5.74) is 2.46. The second-order valence-corrected chi connectivity index (χ2v) is 8.23. The van der Waals surface area contributed by atoms with Crippen LogP contribution in [0.5, 0.6) is 0 Å². The first-order valence-electron chi connectivity index (χ1n) is 10.2. The summed E-state index contributed by atoms with van der Waals surface area (Å²) in [6.07, 6.45) is 1.19. The molecule has 0 atom stereocenters. The molecule has 0 aromatic heterocycles. The molecule has 0 saturated heterocycles. The van der Waals surface area contributed by atoms with Crippen molar-refractivity contribution in [2.45, 2.75) is 17.7 Å². The summed E-state index contributed by atoms with van der Waals surface area (Å²) < 4.78 is 0. The van der Waals surface area contributed by atoms with Crippen LogP contribution in [0, 0.1) is 0 Å². The summed E-state index contributed by atoms with van der Waals surface area (Å²) >= 11 is 1.78. The van der Waals surface area contributed by atoms with E-state index in [1.165, 1.54) is 4.90 Å². The average molecular weight is 434 g/mol. The van der Waals surface area contributed by atoms with Gasteiger partial charge in [-0.25, -0.2) is 4.79 Å². The number of anilines is 2. The lowest BCUT2D eigenvalue weighted by Gasteiger charge is -2.17. The Morgan fingerprint density at radius 1 is 0.871 bits per heavy atom. The lowest BCUT2D eigenvalue weighted by Crippen LogP contribution is -2.29. The lowest BCUT2D eigenvalue weighted by atomic mass is 10.1. The third kappa shape index (κ3) is 7.50. The minimum Gasteiger partial charge on any atom is -0.338 e. The fourth-order valence-corrected chi connectivity index (χ4v) is 3.82. The van der Waals surface area contributed by atoms with Crippen molar-refractivity contribution < 1.29 is 9.59 Å². The zero-order valence-corrected chi connectivity index (χ0v) is 18.4. The van der Waals surface area contributed by atoms with Crippen LogP contribution in [0.4, 0.5) is 16.2 Å². The number of amides is 3. The Balaban J connectivity index is 1.37. The van der Waals surface area contributed by atoms with Crippen LogP contribution in [0.1, 0.15) is 12.0 Å². The SMILES string of the molecule is CN(C(=O)Cc1ccc(NC(=O)NCCCSc2ccccc2)cc1)c1ccccc1. The van der Waals surface area contributed by atoms with Crippen LogP contribution in [-0.2, 0) is 11.2 Å². The third-order valence-corrected chi connectivity index (χ3v) is 5.80. The molecule has 3 aromatic rings. The maximum absolute atomic E-state index is 12.5. The van der Waals surface area contributed by atoms with Gasteiger partial charge in [0.15, 0.2) is 0 Å². The molecule has 0 bridgehead atoms. The van der Waals surface area contributed by atoms with E-state index in [9.17, 15) is 9.59 Å². The predicted octanol–water partition coefficient (Wildman–Crippen LogP) is 5.20. The Bertz CT molecular complexity index is 963. The maximum atomic E-state index is 12.5.